The van der Waals surface area contributed by atoms with E-state index < -0.39 is 18.8 Å². The van der Waals surface area contributed by atoms with Gasteiger partial charge in [-0.2, -0.15) is 0 Å². The van der Waals surface area contributed by atoms with Gasteiger partial charge in [-0.15, -0.1) is 0 Å². The van der Waals surface area contributed by atoms with Crippen molar-refractivity contribution in [3.63, 3.8) is 0 Å². The second-order valence-electron chi connectivity index (χ2n) is 2.57. The van der Waals surface area contributed by atoms with Crippen LogP contribution in [0.5, 0.6) is 0 Å². The number of aromatic nitrogens is 1. The fourth-order valence-electron chi connectivity index (χ4n) is 1.03. The van der Waals surface area contributed by atoms with E-state index in [1.807, 2.05) is 0 Å². The number of hydrogen-bond acceptors (Lipinski definition) is 2. The zero-order valence-electron chi connectivity index (χ0n) is 6.88. The van der Waals surface area contributed by atoms with E-state index in [2.05, 4.69) is 20.9 Å². The number of pyridine rings is 1. The molecular weight excluding hydrogens is 260 g/mol. The summed E-state index contributed by atoms with van der Waals surface area (Å²) in [6.07, 6.45) is -0.805. The van der Waals surface area contributed by atoms with Crippen LogP contribution in [0.25, 0.3) is 0 Å². The first kappa shape index (κ1) is 11.0. The summed E-state index contributed by atoms with van der Waals surface area (Å²) in [6, 6.07) is 0. The Kier molecular flexibility index (Phi) is 3.51. The van der Waals surface area contributed by atoms with Crippen LogP contribution in [0.15, 0.2) is 16.9 Å². The van der Waals surface area contributed by atoms with Crippen LogP contribution in [0.2, 0.25) is 0 Å². The molecule has 0 fully saturated rings. The highest BCUT2D eigenvalue weighted by atomic mass is 79.9. The van der Waals surface area contributed by atoms with Crippen molar-refractivity contribution in [1.82, 2.24) is 4.98 Å². The molecule has 0 saturated heterocycles. The van der Waals surface area contributed by atoms with E-state index in [1.165, 1.54) is 6.20 Å². The molecule has 0 saturated carbocycles. The van der Waals surface area contributed by atoms with Crippen LogP contribution < -0.4 is 0 Å². The molecule has 14 heavy (non-hydrogen) atoms. The molecule has 3 nitrogen and oxygen atoms in total. The number of carboxylic acids is 1. The Labute approximate surface area is 86.9 Å². The highest BCUT2D eigenvalue weighted by Crippen LogP contribution is 2.29. The maximum absolute atomic E-state index is 12.5. The zero-order valence-corrected chi connectivity index (χ0v) is 8.46. The van der Waals surface area contributed by atoms with Crippen LogP contribution in [0, 0.1) is 0 Å². The van der Waals surface area contributed by atoms with E-state index in [4.69, 9.17) is 5.11 Å². The van der Waals surface area contributed by atoms with Crippen molar-refractivity contribution in [3.05, 3.63) is 28.0 Å². The summed E-state index contributed by atoms with van der Waals surface area (Å²) in [5, 5.41) is 8.48. The van der Waals surface area contributed by atoms with E-state index in [0.29, 0.717) is 0 Å². The predicted molar refractivity (Wildman–Crippen MR) is 48.2 cm³/mol. The number of rotatable bonds is 3. The van der Waals surface area contributed by atoms with Crippen LogP contribution in [-0.4, -0.2) is 16.1 Å². The minimum absolute atomic E-state index is 0.0295. The number of nitrogens with zero attached hydrogens (tertiary/aromatic N) is 1. The summed E-state index contributed by atoms with van der Waals surface area (Å²) >= 11 is 2.90. The standard InChI is InChI=1S/C8H6BrF2NO2/c9-5-3-12-2-4(1-6(13)14)7(5)8(10)11/h2-3,8H,1H2,(H,13,14). The smallest absolute Gasteiger partial charge is 0.307 e. The molecule has 1 rings (SSSR count). The first-order valence-corrected chi connectivity index (χ1v) is 4.44. The van der Waals surface area contributed by atoms with Crippen molar-refractivity contribution in [2.24, 2.45) is 0 Å². The summed E-state index contributed by atoms with van der Waals surface area (Å²) in [7, 11) is 0. The van der Waals surface area contributed by atoms with Gasteiger partial charge in [-0.1, -0.05) is 0 Å². The van der Waals surface area contributed by atoms with Gasteiger partial charge in [0.25, 0.3) is 6.43 Å². The third kappa shape index (κ3) is 2.47. The fourth-order valence-corrected chi connectivity index (χ4v) is 1.58. The number of hydrogen-bond donors (Lipinski definition) is 1. The second-order valence-corrected chi connectivity index (χ2v) is 3.42. The van der Waals surface area contributed by atoms with Gasteiger partial charge in [0.15, 0.2) is 0 Å². The molecule has 0 bridgehead atoms. The van der Waals surface area contributed by atoms with Crippen molar-refractivity contribution in [2.45, 2.75) is 12.8 Å². The monoisotopic (exact) mass is 265 g/mol. The third-order valence-corrected chi connectivity index (χ3v) is 2.21. The molecule has 1 heterocycles. The Morgan fingerprint density at radius 3 is 2.71 bits per heavy atom. The summed E-state index contributed by atoms with van der Waals surface area (Å²) in [5.74, 6) is -1.16. The van der Waals surface area contributed by atoms with Gasteiger partial charge < -0.3 is 5.11 Å². The molecule has 76 valence electrons. The lowest BCUT2D eigenvalue weighted by molar-refractivity contribution is -0.136. The Hall–Kier alpha value is -1.04. The molecule has 0 radical (unpaired) electrons. The maximum Gasteiger partial charge on any atom is 0.307 e. The van der Waals surface area contributed by atoms with Gasteiger partial charge in [-0.05, 0) is 21.5 Å². The molecule has 0 aliphatic carbocycles. The summed E-state index contributed by atoms with van der Waals surface area (Å²) in [5.41, 5.74) is -0.274. The SMILES string of the molecule is O=C(O)Cc1cncc(Br)c1C(F)F. The van der Waals surface area contributed by atoms with Gasteiger partial charge in [0.1, 0.15) is 0 Å². The van der Waals surface area contributed by atoms with E-state index in [1.54, 1.807) is 0 Å². The lowest BCUT2D eigenvalue weighted by atomic mass is 10.1. The molecule has 1 N–H and O–H groups in total. The number of carbonyl (C=O) groups is 1. The summed E-state index contributed by atoms with van der Waals surface area (Å²) in [4.78, 5) is 14.0. The van der Waals surface area contributed by atoms with Gasteiger partial charge in [-0.25, -0.2) is 8.78 Å². The minimum Gasteiger partial charge on any atom is -0.481 e. The lowest BCUT2D eigenvalue weighted by Crippen LogP contribution is -2.05. The predicted octanol–water partition coefficient (Wildman–Crippen LogP) is 2.41. The minimum atomic E-state index is -2.71. The van der Waals surface area contributed by atoms with Crippen molar-refractivity contribution >= 4 is 21.9 Å². The highest BCUT2D eigenvalue weighted by Gasteiger charge is 2.18. The van der Waals surface area contributed by atoms with Crippen LogP contribution >= 0.6 is 15.9 Å². The zero-order chi connectivity index (χ0) is 10.7. The van der Waals surface area contributed by atoms with Crippen molar-refractivity contribution in [2.75, 3.05) is 0 Å². The molecule has 0 unspecified atom stereocenters. The average molecular weight is 266 g/mol. The first-order chi connectivity index (χ1) is 6.52. The Bertz CT molecular complexity index is 357. The largest absolute Gasteiger partial charge is 0.481 e. The van der Waals surface area contributed by atoms with Crippen molar-refractivity contribution in [1.29, 1.82) is 0 Å². The van der Waals surface area contributed by atoms with E-state index in [0.717, 1.165) is 6.20 Å². The highest BCUT2D eigenvalue weighted by molar-refractivity contribution is 9.10. The van der Waals surface area contributed by atoms with Crippen LogP contribution in [0.4, 0.5) is 8.78 Å². The van der Waals surface area contributed by atoms with Crippen LogP contribution in [0.3, 0.4) is 0 Å². The van der Waals surface area contributed by atoms with Gasteiger partial charge in [-0.3, -0.25) is 9.78 Å². The molecule has 0 aromatic carbocycles. The Balaban J connectivity index is 3.14. The average Bonchev–Trinajstić information content (AvgIpc) is 2.01. The van der Waals surface area contributed by atoms with E-state index >= 15 is 0 Å². The second kappa shape index (κ2) is 4.45. The number of halogens is 3. The van der Waals surface area contributed by atoms with E-state index in [9.17, 15) is 13.6 Å². The number of aliphatic carboxylic acids is 1. The van der Waals surface area contributed by atoms with Crippen molar-refractivity contribution in [3.8, 4) is 0 Å². The van der Waals surface area contributed by atoms with Gasteiger partial charge in [0.2, 0.25) is 0 Å². The van der Waals surface area contributed by atoms with E-state index in [-0.39, 0.29) is 15.6 Å². The molecule has 1 aromatic heterocycles. The third-order valence-electron chi connectivity index (χ3n) is 1.58. The number of alkyl halides is 2. The van der Waals surface area contributed by atoms with Gasteiger partial charge >= 0.3 is 5.97 Å². The van der Waals surface area contributed by atoms with Crippen molar-refractivity contribution < 1.29 is 18.7 Å². The normalized spacial score (nSPS) is 10.6. The molecule has 0 spiro atoms. The van der Waals surface area contributed by atoms with Gasteiger partial charge in [0, 0.05) is 22.4 Å². The quantitative estimate of drug-likeness (QED) is 0.913. The first-order valence-electron chi connectivity index (χ1n) is 3.64. The molecule has 1 aromatic rings. The maximum atomic E-state index is 12.5. The van der Waals surface area contributed by atoms with Crippen LogP contribution in [0.1, 0.15) is 17.6 Å². The molecule has 0 atom stereocenters. The lowest BCUT2D eigenvalue weighted by Gasteiger charge is -2.07. The summed E-state index contributed by atoms with van der Waals surface area (Å²) in [6.45, 7) is 0. The van der Waals surface area contributed by atoms with Gasteiger partial charge in [0.05, 0.1) is 6.42 Å². The Morgan fingerprint density at radius 1 is 1.57 bits per heavy atom. The summed E-state index contributed by atoms with van der Waals surface area (Å²) < 4.78 is 25.1. The topological polar surface area (TPSA) is 50.2 Å². The Morgan fingerprint density at radius 2 is 2.21 bits per heavy atom. The molecular formula is C8H6BrF2NO2. The molecule has 6 heteroatoms. The number of carboxylic acid groups (broad SMARTS) is 1. The van der Waals surface area contributed by atoms with Crippen LogP contribution in [-0.2, 0) is 11.2 Å². The molecule has 0 aliphatic rings. The molecule has 0 amide bonds. The fraction of sp³-hybridized carbons (Fsp3) is 0.250. The molecule has 0 aliphatic heterocycles.